The molecule has 1 saturated heterocycles. The van der Waals surface area contributed by atoms with Crippen molar-refractivity contribution in [3.05, 3.63) is 22.2 Å². The fraction of sp³-hybridized carbons (Fsp3) is 0.467. The zero-order valence-electron chi connectivity index (χ0n) is 11.9. The Morgan fingerprint density at radius 1 is 1.27 bits per heavy atom. The maximum absolute atomic E-state index is 12.3. The van der Waals surface area contributed by atoms with Crippen LogP contribution in [0, 0.1) is 5.92 Å². The smallest absolute Gasteiger partial charge is 0.308 e. The summed E-state index contributed by atoms with van der Waals surface area (Å²) in [7, 11) is 0. The molecule has 22 heavy (non-hydrogen) atoms. The Balaban J connectivity index is 1.70. The van der Waals surface area contributed by atoms with Crippen LogP contribution >= 0.6 is 15.9 Å². The van der Waals surface area contributed by atoms with Gasteiger partial charge < -0.3 is 19.5 Å². The molecule has 7 heteroatoms. The molecule has 0 aliphatic carbocycles. The second-order valence-corrected chi connectivity index (χ2v) is 6.28. The van der Waals surface area contributed by atoms with Gasteiger partial charge in [-0.3, -0.25) is 9.59 Å². The van der Waals surface area contributed by atoms with E-state index in [1.165, 1.54) is 0 Å². The Bertz CT molecular complexity index is 618. The molecule has 1 atom stereocenters. The molecule has 0 bridgehead atoms. The van der Waals surface area contributed by atoms with Crippen molar-refractivity contribution in [1.82, 2.24) is 4.90 Å². The first-order valence-electron chi connectivity index (χ1n) is 7.13. The van der Waals surface area contributed by atoms with Crippen molar-refractivity contribution in [2.24, 2.45) is 5.92 Å². The van der Waals surface area contributed by atoms with E-state index >= 15 is 0 Å². The van der Waals surface area contributed by atoms with Gasteiger partial charge in [0.2, 0.25) is 5.91 Å². The minimum Gasteiger partial charge on any atom is -0.486 e. The highest BCUT2D eigenvalue weighted by atomic mass is 79.9. The van der Waals surface area contributed by atoms with Gasteiger partial charge in [0.05, 0.1) is 12.3 Å². The zero-order valence-corrected chi connectivity index (χ0v) is 13.5. The van der Waals surface area contributed by atoms with Crippen LogP contribution in [0.25, 0.3) is 0 Å². The van der Waals surface area contributed by atoms with Gasteiger partial charge in [0.25, 0.3) is 0 Å². The number of carbonyl (C=O) groups excluding carboxylic acids is 1. The van der Waals surface area contributed by atoms with Crippen LogP contribution in [0.1, 0.15) is 12.0 Å². The van der Waals surface area contributed by atoms with E-state index < -0.39 is 11.9 Å². The van der Waals surface area contributed by atoms with E-state index in [2.05, 4.69) is 15.9 Å². The van der Waals surface area contributed by atoms with Crippen LogP contribution in [0.5, 0.6) is 11.5 Å². The first-order chi connectivity index (χ1) is 10.5. The number of halogens is 1. The van der Waals surface area contributed by atoms with Gasteiger partial charge in [0.15, 0.2) is 11.5 Å². The van der Waals surface area contributed by atoms with Crippen molar-refractivity contribution in [2.75, 3.05) is 26.3 Å². The van der Waals surface area contributed by atoms with Crippen LogP contribution in [0.4, 0.5) is 0 Å². The molecule has 6 nitrogen and oxygen atoms in total. The molecular weight excluding hydrogens is 354 g/mol. The predicted molar refractivity (Wildman–Crippen MR) is 81.2 cm³/mol. The van der Waals surface area contributed by atoms with E-state index in [0.29, 0.717) is 37.7 Å². The second kappa shape index (κ2) is 6.16. The van der Waals surface area contributed by atoms with Crippen LogP contribution in [-0.4, -0.2) is 48.2 Å². The molecule has 1 N–H and O–H groups in total. The number of hydrogen-bond acceptors (Lipinski definition) is 4. The second-order valence-electron chi connectivity index (χ2n) is 5.43. The quantitative estimate of drug-likeness (QED) is 0.877. The van der Waals surface area contributed by atoms with Gasteiger partial charge in [-0.05, 0) is 24.1 Å². The fourth-order valence-electron chi connectivity index (χ4n) is 2.70. The van der Waals surface area contributed by atoms with Crippen molar-refractivity contribution >= 4 is 27.8 Å². The number of amides is 1. The number of carboxylic acid groups (broad SMARTS) is 1. The molecule has 1 fully saturated rings. The van der Waals surface area contributed by atoms with E-state index in [1.807, 2.05) is 0 Å². The highest BCUT2D eigenvalue weighted by molar-refractivity contribution is 9.10. The van der Waals surface area contributed by atoms with Gasteiger partial charge in [0, 0.05) is 17.6 Å². The number of rotatable bonds is 3. The number of likely N-dealkylation sites (tertiary alicyclic amines) is 1. The first-order valence-corrected chi connectivity index (χ1v) is 7.92. The lowest BCUT2D eigenvalue weighted by molar-refractivity contribution is -0.141. The average Bonchev–Trinajstić information content (AvgIpc) is 2.98. The minimum absolute atomic E-state index is 0.0684. The Morgan fingerprint density at radius 3 is 2.59 bits per heavy atom. The molecule has 0 spiro atoms. The van der Waals surface area contributed by atoms with Crippen LogP contribution < -0.4 is 9.47 Å². The summed E-state index contributed by atoms with van der Waals surface area (Å²) >= 11 is 3.45. The number of nitrogens with zero attached hydrogens (tertiary/aromatic N) is 1. The normalized spacial score (nSPS) is 20.0. The zero-order chi connectivity index (χ0) is 15.7. The molecule has 1 unspecified atom stereocenters. The number of ether oxygens (including phenoxy) is 2. The third-order valence-corrected chi connectivity index (χ3v) is 4.68. The molecule has 2 heterocycles. The molecule has 1 aromatic rings. The van der Waals surface area contributed by atoms with Crippen molar-refractivity contribution in [2.45, 2.75) is 12.8 Å². The Morgan fingerprint density at radius 2 is 1.95 bits per heavy atom. The summed E-state index contributed by atoms with van der Waals surface area (Å²) in [4.78, 5) is 24.9. The van der Waals surface area contributed by atoms with Crippen molar-refractivity contribution in [3.63, 3.8) is 0 Å². The summed E-state index contributed by atoms with van der Waals surface area (Å²) in [6, 6.07) is 3.61. The summed E-state index contributed by atoms with van der Waals surface area (Å²) in [6.45, 7) is 1.80. The summed E-state index contributed by atoms with van der Waals surface area (Å²) in [5.74, 6) is -0.0480. The number of hydrogen-bond donors (Lipinski definition) is 1. The number of benzene rings is 1. The molecular formula is C15H16BrNO5. The van der Waals surface area contributed by atoms with E-state index in [-0.39, 0.29) is 18.9 Å². The lowest BCUT2D eigenvalue weighted by Crippen LogP contribution is -2.31. The average molecular weight is 370 g/mol. The van der Waals surface area contributed by atoms with Crippen molar-refractivity contribution < 1.29 is 24.2 Å². The molecule has 2 aliphatic rings. The summed E-state index contributed by atoms with van der Waals surface area (Å²) in [5, 5.41) is 9.00. The summed E-state index contributed by atoms with van der Waals surface area (Å²) in [5.41, 5.74) is 0.813. The number of carbonyl (C=O) groups is 2. The summed E-state index contributed by atoms with van der Waals surface area (Å²) in [6.07, 6.45) is 0.729. The highest BCUT2D eigenvalue weighted by Crippen LogP contribution is 2.36. The molecule has 2 aliphatic heterocycles. The van der Waals surface area contributed by atoms with Gasteiger partial charge >= 0.3 is 5.97 Å². The number of carboxylic acids is 1. The molecule has 0 radical (unpaired) electrons. The first kappa shape index (κ1) is 15.1. The van der Waals surface area contributed by atoms with E-state index in [9.17, 15) is 9.59 Å². The third-order valence-electron chi connectivity index (χ3n) is 3.94. The number of aliphatic carboxylic acids is 1. The maximum Gasteiger partial charge on any atom is 0.308 e. The van der Waals surface area contributed by atoms with Gasteiger partial charge in [-0.1, -0.05) is 15.9 Å². The Hall–Kier alpha value is -1.76. The largest absolute Gasteiger partial charge is 0.486 e. The van der Waals surface area contributed by atoms with Crippen LogP contribution in [0.3, 0.4) is 0 Å². The standard InChI is InChI=1S/C15H16BrNO5/c16-11-7-13-12(21-3-4-22-13)5-10(11)6-14(18)17-2-1-9(8-17)15(19)20/h5,7,9H,1-4,6,8H2,(H,19,20). The SMILES string of the molecule is O=C(O)C1CCN(C(=O)Cc2cc3c(cc2Br)OCCO3)C1. The van der Waals surface area contributed by atoms with Crippen LogP contribution in [0.15, 0.2) is 16.6 Å². The molecule has 0 saturated carbocycles. The monoisotopic (exact) mass is 369 g/mol. The third kappa shape index (κ3) is 3.04. The van der Waals surface area contributed by atoms with Crippen molar-refractivity contribution in [3.8, 4) is 11.5 Å². The van der Waals surface area contributed by atoms with Crippen molar-refractivity contribution in [1.29, 1.82) is 0 Å². The Kier molecular flexibility index (Phi) is 4.24. The minimum atomic E-state index is -0.837. The molecule has 118 valence electrons. The fourth-order valence-corrected chi connectivity index (χ4v) is 3.17. The van der Waals surface area contributed by atoms with Crippen LogP contribution in [0.2, 0.25) is 0 Å². The Labute approximate surface area is 136 Å². The van der Waals surface area contributed by atoms with Gasteiger partial charge in [0.1, 0.15) is 13.2 Å². The van der Waals surface area contributed by atoms with Gasteiger partial charge in [-0.2, -0.15) is 0 Å². The predicted octanol–water partition coefficient (Wildman–Crippen LogP) is 1.70. The molecule has 3 rings (SSSR count). The topological polar surface area (TPSA) is 76.1 Å². The molecule has 1 aromatic carbocycles. The summed E-state index contributed by atoms with van der Waals surface area (Å²) < 4.78 is 11.8. The van der Waals surface area contributed by atoms with Crippen LogP contribution in [-0.2, 0) is 16.0 Å². The lowest BCUT2D eigenvalue weighted by atomic mass is 10.1. The molecule has 0 aromatic heterocycles. The van der Waals surface area contributed by atoms with E-state index in [0.717, 1.165) is 10.0 Å². The maximum atomic E-state index is 12.3. The number of fused-ring (bicyclic) bond motifs is 1. The lowest BCUT2D eigenvalue weighted by Gasteiger charge is -2.21. The molecule has 1 amide bonds. The van der Waals surface area contributed by atoms with E-state index in [4.69, 9.17) is 14.6 Å². The van der Waals surface area contributed by atoms with E-state index in [1.54, 1.807) is 17.0 Å². The highest BCUT2D eigenvalue weighted by Gasteiger charge is 2.31. The van der Waals surface area contributed by atoms with Gasteiger partial charge in [-0.25, -0.2) is 0 Å². The van der Waals surface area contributed by atoms with Gasteiger partial charge in [-0.15, -0.1) is 0 Å².